The van der Waals surface area contributed by atoms with Gasteiger partial charge < -0.3 is 9.80 Å². The monoisotopic (exact) mass is 263 g/mol. The van der Waals surface area contributed by atoms with Gasteiger partial charge in [0, 0.05) is 29.2 Å². The van der Waals surface area contributed by atoms with Gasteiger partial charge in [0.25, 0.3) is 5.91 Å². The van der Waals surface area contributed by atoms with E-state index in [1.165, 1.54) is 0 Å². The minimum atomic E-state index is -0.522. The molecule has 1 unspecified atom stereocenters. The van der Waals surface area contributed by atoms with E-state index in [9.17, 15) is 10.1 Å². The van der Waals surface area contributed by atoms with Crippen LogP contribution >= 0.6 is 11.6 Å². The Morgan fingerprint density at radius 2 is 2.22 bits per heavy atom. The number of rotatable bonds is 3. The van der Waals surface area contributed by atoms with Gasteiger partial charge in [-0.25, -0.2) is 0 Å². The van der Waals surface area contributed by atoms with Gasteiger partial charge in [0.15, 0.2) is 0 Å². The second-order valence-electron chi connectivity index (χ2n) is 4.57. The van der Waals surface area contributed by atoms with Crippen molar-refractivity contribution in [2.45, 2.75) is 6.04 Å². The highest BCUT2D eigenvalue weighted by molar-refractivity contribution is 6.30. The van der Waals surface area contributed by atoms with Crippen LogP contribution in [0.2, 0.25) is 5.02 Å². The van der Waals surface area contributed by atoms with Crippen LogP contribution in [0.3, 0.4) is 0 Å². The fraction of sp³-hybridized carbons (Fsp3) is 0.385. The third-order valence-electron chi connectivity index (χ3n) is 3.02. The Labute approximate surface area is 111 Å². The Kier molecular flexibility index (Phi) is 3.55. The van der Waals surface area contributed by atoms with Gasteiger partial charge >= 0.3 is 0 Å². The molecular weight excluding hydrogens is 250 g/mol. The molecule has 0 aliphatic carbocycles. The number of amides is 1. The smallest absolute Gasteiger partial charge is 0.255 e. The van der Waals surface area contributed by atoms with Crippen LogP contribution in [-0.4, -0.2) is 42.9 Å². The van der Waals surface area contributed by atoms with Gasteiger partial charge in [-0.1, -0.05) is 11.6 Å². The lowest BCUT2D eigenvalue weighted by molar-refractivity contribution is 0.0746. The molecule has 0 N–H and O–H groups in total. The number of carbonyl (C=O) groups is 1. The first-order valence-corrected chi connectivity index (χ1v) is 6.07. The molecule has 94 valence electrons. The van der Waals surface area contributed by atoms with Crippen molar-refractivity contribution in [1.29, 1.82) is 5.26 Å². The van der Waals surface area contributed by atoms with Crippen LogP contribution in [0, 0.1) is 11.3 Å². The van der Waals surface area contributed by atoms with E-state index in [0.717, 1.165) is 6.54 Å². The van der Waals surface area contributed by atoms with Gasteiger partial charge in [-0.2, -0.15) is 5.26 Å². The number of fused-ring (bicyclic) bond motifs is 1. The van der Waals surface area contributed by atoms with Crippen molar-refractivity contribution in [2.75, 3.05) is 27.2 Å². The van der Waals surface area contributed by atoms with Crippen molar-refractivity contribution in [3.05, 3.63) is 34.3 Å². The average Bonchev–Trinajstić information content (AvgIpc) is 2.58. The van der Waals surface area contributed by atoms with E-state index in [2.05, 4.69) is 6.07 Å². The van der Waals surface area contributed by atoms with Crippen molar-refractivity contribution < 1.29 is 4.79 Å². The number of hydrogen-bond acceptors (Lipinski definition) is 3. The molecule has 1 aromatic carbocycles. The average molecular weight is 264 g/mol. The highest BCUT2D eigenvalue weighted by Gasteiger charge is 2.36. The molecule has 1 amide bonds. The summed E-state index contributed by atoms with van der Waals surface area (Å²) in [7, 11) is 3.87. The number of nitrogens with zero attached hydrogens (tertiary/aromatic N) is 3. The van der Waals surface area contributed by atoms with E-state index in [1.807, 2.05) is 19.0 Å². The van der Waals surface area contributed by atoms with Crippen molar-refractivity contribution >= 4 is 17.5 Å². The zero-order chi connectivity index (χ0) is 13.3. The van der Waals surface area contributed by atoms with E-state index < -0.39 is 6.04 Å². The molecule has 0 fully saturated rings. The molecule has 0 radical (unpaired) electrons. The Hall–Kier alpha value is -1.57. The zero-order valence-corrected chi connectivity index (χ0v) is 11.1. The molecule has 1 aromatic rings. The lowest BCUT2D eigenvalue weighted by Gasteiger charge is -2.22. The molecule has 1 heterocycles. The first-order valence-electron chi connectivity index (χ1n) is 5.69. The summed E-state index contributed by atoms with van der Waals surface area (Å²) in [4.78, 5) is 15.8. The highest BCUT2D eigenvalue weighted by atomic mass is 35.5. The van der Waals surface area contributed by atoms with Gasteiger partial charge in [-0.15, -0.1) is 0 Å². The van der Waals surface area contributed by atoms with Crippen molar-refractivity contribution in [2.24, 2.45) is 0 Å². The van der Waals surface area contributed by atoms with Crippen molar-refractivity contribution in [3.8, 4) is 6.07 Å². The minimum absolute atomic E-state index is 0.0879. The zero-order valence-electron chi connectivity index (χ0n) is 10.4. The molecule has 0 saturated carbocycles. The SMILES string of the molecule is CN(C)CCN1C(=O)c2ccc(Cl)cc2C1C#N. The molecule has 0 spiro atoms. The summed E-state index contributed by atoms with van der Waals surface area (Å²) in [5.74, 6) is -0.0879. The van der Waals surface area contributed by atoms with Gasteiger partial charge in [-0.3, -0.25) is 4.79 Å². The molecule has 2 rings (SSSR count). The number of nitriles is 1. The van der Waals surface area contributed by atoms with Crippen LogP contribution in [0.4, 0.5) is 0 Å². The molecule has 0 bridgehead atoms. The van der Waals surface area contributed by atoms with Crippen LogP contribution < -0.4 is 0 Å². The quantitative estimate of drug-likeness (QED) is 0.837. The Morgan fingerprint density at radius 1 is 1.50 bits per heavy atom. The van der Waals surface area contributed by atoms with Crippen molar-refractivity contribution in [1.82, 2.24) is 9.80 Å². The maximum absolute atomic E-state index is 12.2. The molecular formula is C13H14ClN3O. The van der Waals surface area contributed by atoms with E-state index in [4.69, 9.17) is 11.6 Å². The topological polar surface area (TPSA) is 47.3 Å². The number of carbonyl (C=O) groups excluding carboxylic acids is 1. The molecule has 0 saturated heterocycles. The van der Waals surface area contributed by atoms with Gasteiger partial charge in [0.05, 0.1) is 6.07 Å². The molecule has 5 heteroatoms. The molecule has 1 aliphatic rings. The van der Waals surface area contributed by atoms with Crippen LogP contribution in [0.1, 0.15) is 22.0 Å². The Bertz CT molecular complexity index is 521. The number of benzene rings is 1. The highest BCUT2D eigenvalue weighted by Crippen LogP contribution is 2.34. The first-order chi connectivity index (χ1) is 8.54. The predicted octanol–water partition coefficient (Wildman–Crippen LogP) is 1.92. The van der Waals surface area contributed by atoms with Crippen LogP contribution in [0.25, 0.3) is 0 Å². The fourth-order valence-corrected chi connectivity index (χ4v) is 2.25. The van der Waals surface area contributed by atoms with Crippen molar-refractivity contribution in [3.63, 3.8) is 0 Å². The number of likely N-dealkylation sites (N-methyl/N-ethyl adjacent to an activating group) is 1. The summed E-state index contributed by atoms with van der Waals surface area (Å²) >= 11 is 5.92. The van der Waals surface area contributed by atoms with E-state index in [1.54, 1.807) is 23.1 Å². The van der Waals surface area contributed by atoms with E-state index in [0.29, 0.717) is 22.7 Å². The standard InChI is InChI=1S/C13H14ClN3O/c1-16(2)5-6-17-12(8-15)11-7-9(14)3-4-10(11)13(17)18/h3-4,7,12H,5-6H2,1-2H3. The predicted molar refractivity (Wildman–Crippen MR) is 69.4 cm³/mol. The van der Waals surface area contributed by atoms with E-state index >= 15 is 0 Å². The lowest BCUT2D eigenvalue weighted by Crippen LogP contribution is -2.34. The maximum atomic E-state index is 12.2. The Morgan fingerprint density at radius 3 is 2.83 bits per heavy atom. The summed E-state index contributed by atoms with van der Waals surface area (Å²) < 4.78 is 0. The summed E-state index contributed by atoms with van der Waals surface area (Å²) in [6, 6.07) is 6.74. The Balaban J connectivity index is 2.31. The third kappa shape index (κ3) is 2.20. The van der Waals surface area contributed by atoms with Crippen LogP contribution in [-0.2, 0) is 0 Å². The normalized spacial score (nSPS) is 18.1. The van der Waals surface area contributed by atoms with Gasteiger partial charge in [0.2, 0.25) is 0 Å². The summed E-state index contributed by atoms with van der Waals surface area (Å²) in [6.45, 7) is 1.27. The second kappa shape index (κ2) is 4.97. The van der Waals surface area contributed by atoms with E-state index in [-0.39, 0.29) is 5.91 Å². The summed E-state index contributed by atoms with van der Waals surface area (Å²) in [5, 5.41) is 9.81. The second-order valence-corrected chi connectivity index (χ2v) is 5.00. The number of hydrogen-bond donors (Lipinski definition) is 0. The maximum Gasteiger partial charge on any atom is 0.255 e. The van der Waals surface area contributed by atoms with Gasteiger partial charge in [0.1, 0.15) is 6.04 Å². The molecule has 1 aliphatic heterocycles. The summed E-state index contributed by atoms with van der Waals surface area (Å²) in [6.07, 6.45) is 0. The molecule has 18 heavy (non-hydrogen) atoms. The fourth-order valence-electron chi connectivity index (χ4n) is 2.07. The first kappa shape index (κ1) is 12.9. The summed E-state index contributed by atoms with van der Waals surface area (Å²) in [5.41, 5.74) is 1.30. The lowest BCUT2D eigenvalue weighted by atomic mass is 10.1. The molecule has 0 aromatic heterocycles. The molecule has 1 atom stereocenters. The minimum Gasteiger partial charge on any atom is -0.317 e. The molecule has 4 nitrogen and oxygen atoms in total. The van der Waals surface area contributed by atoms with Crippen LogP contribution in [0.5, 0.6) is 0 Å². The number of halogens is 1. The van der Waals surface area contributed by atoms with Crippen LogP contribution in [0.15, 0.2) is 18.2 Å². The van der Waals surface area contributed by atoms with Gasteiger partial charge in [-0.05, 0) is 32.3 Å². The largest absolute Gasteiger partial charge is 0.317 e. The third-order valence-corrected chi connectivity index (χ3v) is 3.26.